The molecule has 2 unspecified atom stereocenters. The third kappa shape index (κ3) is 1.46. The first-order valence-electron chi connectivity index (χ1n) is 4.82. The molecule has 0 spiro atoms. The van der Waals surface area contributed by atoms with Crippen molar-refractivity contribution >= 4 is 0 Å². The molecule has 0 amide bonds. The topological polar surface area (TPSA) is 9.23 Å². The summed E-state index contributed by atoms with van der Waals surface area (Å²) in [5.74, 6) is 0.786. The Bertz CT molecular complexity index is 215. The average molecular weight is 164 g/mol. The summed E-state index contributed by atoms with van der Waals surface area (Å²) < 4.78 is 5.58. The summed E-state index contributed by atoms with van der Waals surface area (Å²) in [6, 6.07) is 0. The van der Waals surface area contributed by atoms with E-state index in [0.717, 1.165) is 12.5 Å². The van der Waals surface area contributed by atoms with Crippen LogP contribution in [0, 0.1) is 5.92 Å². The van der Waals surface area contributed by atoms with Gasteiger partial charge in [0.25, 0.3) is 0 Å². The maximum Gasteiger partial charge on any atom is 0.0654 e. The first-order valence-corrected chi connectivity index (χ1v) is 4.82. The van der Waals surface area contributed by atoms with Crippen LogP contribution < -0.4 is 0 Å². The Kier molecular flexibility index (Phi) is 2.31. The van der Waals surface area contributed by atoms with Gasteiger partial charge in [0.05, 0.1) is 12.7 Å². The monoisotopic (exact) mass is 164 g/mol. The van der Waals surface area contributed by atoms with Gasteiger partial charge in [0.1, 0.15) is 0 Å². The van der Waals surface area contributed by atoms with Crippen LogP contribution in [-0.2, 0) is 4.74 Å². The molecule has 2 atom stereocenters. The first-order chi connectivity index (χ1) is 5.90. The zero-order valence-electron chi connectivity index (χ0n) is 7.62. The van der Waals surface area contributed by atoms with Gasteiger partial charge in [-0.25, -0.2) is 0 Å². The van der Waals surface area contributed by atoms with Crippen molar-refractivity contribution in [3.63, 3.8) is 0 Å². The van der Waals surface area contributed by atoms with Crippen LogP contribution >= 0.6 is 0 Å². The van der Waals surface area contributed by atoms with Crippen molar-refractivity contribution in [2.24, 2.45) is 5.92 Å². The fourth-order valence-electron chi connectivity index (χ4n) is 2.20. The molecule has 0 N–H and O–H groups in total. The van der Waals surface area contributed by atoms with Gasteiger partial charge in [0, 0.05) is 0 Å². The van der Waals surface area contributed by atoms with Gasteiger partial charge in [0.15, 0.2) is 0 Å². The van der Waals surface area contributed by atoms with E-state index < -0.39 is 0 Å². The highest BCUT2D eigenvalue weighted by Gasteiger charge is 2.30. The van der Waals surface area contributed by atoms with E-state index >= 15 is 0 Å². The third-order valence-electron chi connectivity index (χ3n) is 2.87. The molecule has 1 heteroatoms. The molecule has 0 radical (unpaired) electrons. The highest BCUT2D eigenvalue weighted by atomic mass is 16.5. The molecular weight excluding hydrogens is 148 g/mol. The second-order valence-electron chi connectivity index (χ2n) is 3.68. The quantitative estimate of drug-likeness (QED) is 0.570. The van der Waals surface area contributed by atoms with Crippen LogP contribution in [0.15, 0.2) is 23.8 Å². The minimum atomic E-state index is 0.542. The van der Waals surface area contributed by atoms with Gasteiger partial charge in [-0.1, -0.05) is 23.8 Å². The van der Waals surface area contributed by atoms with Crippen molar-refractivity contribution in [2.75, 3.05) is 6.61 Å². The Morgan fingerprint density at radius 2 is 2.58 bits per heavy atom. The lowest BCUT2D eigenvalue weighted by Crippen LogP contribution is -2.10. The molecule has 1 aliphatic carbocycles. The Balaban J connectivity index is 2.00. The second kappa shape index (κ2) is 3.44. The predicted molar refractivity (Wildman–Crippen MR) is 50.0 cm³/mol. The van der Waals surface area contributed by atoms with Crippen molar-refractivity contribution in [3.8, 4) is 0 Å². The highest BCUT2D eigenvalue weighted by molar-refractivity contribution is 5.17. The molecule has 12 heavy (non-hydrogen) atoms. The average Bonchev–Trinajstić information content (AvgIpc) is 2.38. The molecule has 2 rings (SSSR count). The summed E-state index contributed by atoms with van der Waals surface area (Å²) >= 11 is 0. The van der Waals surface area contributed by atoms with E-state index in [0.29, 0.717) is 6.10 Å². The van der Waals surface area contributed by atoms with Crippen LogP contribution in [0.25, 0.3) is 0 Å². The van der Waals surface area contributed by atoms with Gasteiger partial charge in [0.2, 0.25) is 0 Å². The SMILES string of the molecule is C/C=C/CC1CC2CC1=CCO2. The molecule has 1 heterocycles. The van der Waals surface area contributed by atoms with E-state index in [2.05, 4.69) is 25.2 Å². The predicted octanol–water partition coefficient (Wildman–Crippen LogP) is 2.69. The fourth-order valence-corrected chi connectivity index (χ4v) is 2.20. The van der Waals surface area contributed by atoms with Crippen molar-refractivity contribution in [1.29, 1.82) is 0 Å². The van der Waals surface area contributed by atoms with E-state index in [1.807, 2.05) is 0 Å². The van der Waals surface area contributed by atoms with Gasteiger partial charge in [-0.05, 0) is 32.1 Å². The molecule has 2 bridgehead atoms. The Hall–Kier alpha value is -0.560. The molecule has 0 aromatic heterocycles. The molecule has 1 nitrogen and oxygen atoms in total. The van der Waals surface area contributed by atoms with E-state index in [1.54, 1.807) is 5.57 Å². The maximum absolute atomic E-state index is 5.58. The van der Waals surface area contributed by atoms with Crippen molar-refractivity contribution in [2.45, 2.75) is 32.3 Å². The lowest BCUT2D eigenvalue weighted by atomic mass is 9.99. The molecular formula is C11H16O. The zero-order chi connectivity index (χ0) is 8.39. The maximum atomic E-state index is 5.58. The smallest absolute Gasteiger partial charge is 0.0654 e. The Morgan fingerprint density at radius 1 is 1.67 bits per heavy atom. The third-order valence-corrected chi connectivity index (χ3v) is 2.87. The molecule has 66 valence electrons. The molecule has 0 aromatic rings. The van der Waals surface area contributed by atoms with Crippen LogP contribution in [0.1, 0.15) is 26.2 Å². The van der Waals surface area contributed by atoms with Gasteiger partial charge >= 0.3 is 0 Å². The second-order valence-corrected chi connectivity index (χ2v) is 3.68. The van der Waals surface area contributed by atoms with E-state index in [1.165, 1.54) is 19.3 Å². The van der Waals surface area contributed by atoms with Gasteiger partial charge in [-0.3, -0.25) is 0 Å². The van der Waals surface area contributed by atoms with Crippen molar-refractivity contribution < 1.29 is 4.74 Å². The van der Waals surface area contributed by atoms with E-state index in [9.17, 15) is 0 Å². The summed E-state index contributed by atoms with van der Waals surface area (Å²) in [6.45, 7) is 2.94. The Morgan fingerprint density at radius 3 is 3.33 bits per heavy atom. The van der Waals surface area contributed by atoms with E-state index in [4.69, 9.17) is 4.74 Å². The largest absolute Gasteiger partial charge is 0.374 e. The van der Waals surface area contributed by atoms with Crippen LogP contribution in [0.3, 0.4) is 0 Å². The molecule has 1 saturated carbocycles. The van der Waals surface area contributed by atoms with Gasteiger partial charge in [-0.15, -0.1) is 0 Å². The summed E-state index contributed by atoms with van der Waals surface area (Å²) in [5, 5.41) is 0. The standard InChI is InChI=1S/C11H16O/c1-2-3-4-9-7-11-8-10(9)5-6-12-11/h2-3,5,9,11H,4,6-8H2,1H3/b3-2+. The number of hydrogen-bond acceptors (Lipinski definition) is 1. The van der Waals surface area contributed by atoms with Crippen LogP contribution in [0.2, 0.25) is 0 Å². The number of hydrogen-bond donors (Lipinski definition) is 0. The van der Waals surface area contributed by atoms with Crippen LogP contribution in [-0.4, -0.2) is 12.7 Å². The normalized spacial score (nSPS) is 34.2. The minimum Gasteiger partial charge on any atom is -0.374 e. The van der Waals surface area contributed by atoms with Crippen LogP contribution in [0.4, 0.5) is 0 Å². The molecule has 0 saturated heterocycles. The van der Waals surface area contributed by atoms with E-state index in [-0.39, 0.29) is 0 Å². The molecule has 1 aliphatic heterocycles. The summed E-state index contributed by atoms with van der Waals surface area (Å²) in [7, 11) is 0. The fraction of sp³-hybridized carbons (Fsp3) is 0.636. The summed E-state index contributed by atoms with van der Waals surface area (Å²) in [4.78, 5) is 0. The zero-order valence-corrected chi connectivity index (χ0v) is 7.62. The van der Waals surface area contributed by atoms with Gasteiger partial charge in [-0.2, -0.15) is 0 Å². The summed E-state index contributed by atoms with van der Waals surface area (Å²) in [6.07, 6.45) is 10.9. The molecule has 1 fully saturated rings. The van der Waals surface area contributed by atoms with Gasteiger partial charge < -0.3 is 4.74 Å². The minimum absolute atomic E-state index is 0.542. The Labute approximate surface area is 74.1 Å². The van der Waals surface area contributed by atoms with Crippen molar-refractivity contribution in [3.05, 3.63) is 23.8 Å². The van der Waals surface area contributed by atoms with Crippen LogP contribution in [0.5, 0.6) is 0 Å². The number of allylic oxidation sites excluding steroid dienone is 2. The molecule has 2 aliphatic rings. The number of rotatable bonds is 2. The lowest BCUT2D eigenvalue weighted by molar-refractivity contribution is 0.0738. The number of ether oxygens (including phenoxy) is 1. The van der Waals surface area contributed by atoms with Crippen molar-refractivity contribution in [1.82, 2.24) is 0 Å². The summed E-state index contributed by atoms with van der Waals surface area (Å²) in [5.41, 5.74) is 1.64. The molecule has 0 aromatic carbocycles. The number of fused-ring (bicyclic) bond motifs is 2. The lowest BCUT2D eigenvalue weighted by Gasteiger charge is -2.12. The highest BCUT2D eigenvalue weighted by Crippen LogP contribution is 2.38. The first kappa shape index (κ1) is 8.06.